The zero-order chi connectivity index (χ0) is 19.6. The smallest absolute Gasteiger partial charge is 0.237 e. The Labute approximate surface area is 170 Å². The van der Waals surface area contributed by atoms with Gasteiger partial charge in [0.1, 0.15) is 16.5 Å². The van der Waals surface area contributed by atoms with E-state index in [-0.39, 0.29) is 11.9 Å². The SMILES string of the molecule is Cc1cc(C2(C(=O)N3CCc4[nH]cnc4[C@H]3c3nc4ccccc4s3)CC2)on1. The first kappa shape index (κ1) is 16.9. The van der Waals surface area contributed by atoms with Crippen molar-refractivity contribution in [1.29, 1.82) is 0 Å². The highest BCUT2D eigenvalue weighted by atomic mass is 32.1. The molecule has 1 aliphatic heterocycles. The van der Waals surface area contributed by atoms with Gasteiger partial charge >= 0.3 is 0 Å². The van der Waals surface area contributed by atoms with Crippen molar-refractivity contribution in [3.8, 4) is 0 Å². The maximum atomic E-state index is 13.8. The molecule has 1 saturated carbocycles. The Morgan fingerprint density at radius 1 is 1.34 bits per heavy atom. The van der Waals surface area contributed by atoms with Gasteiger partial charge in [-0.05, 0) is 31.9 Å². The highest BCUT2D eigenvalue weighted by Crippen LogP contribution is 2.52. The van der Waals surface area contributed by atoms with E-state index in [9.17, 15) is 4.79 Å². The molecule has 3 aromatic heterocycles. The summed E-state index contributed by atoms with van der Waals surface area (Å²) in [6, 6.07) is 9.69. The van der Waals surface area contributed by atoms with Crippen LogP contribution in [0.4, 0.5) is 0 Å². The van der Waals surface area contributed by atoms with Crippen LogP contribution in [0.15, 0.2) is 41.2 Å². The molecule has 2 aliphatic rings. The molecule has 1 fully saturated rings. The monoisotopic (exact) mass is 405 g/mol. The fourth-order valence-electron chi connectivity index (χ4n) is 4.31. The number of aromatic amines is 1. The maximum Gasteiger partial charge on any atom is 0.237 e. The standard InChI is InChI=1S/C21H19N5O2S/c1-12-10-16(28-25-12)21(7-8-21)20(27)26-9-6-14-17(23-11-22-14)18(26)19-24-13-4-2-3-5-15(13)29-19/h2-5,10-11,18H,6-9H2,1H3,(H,22,23)/t18-/m0/s1. The molecular formula is C21H19N5O2S. The Hall–Kier alpha value is -3.00. The molecule has 1 aliphatic carbocycles. The Morgan fingerprint density at radius 3 is 2.97 bits per heavy atom. The van der Waals surface area contributed by atoms with Crippen LogP contribution in [0.3, 0.4) is 0 Å². The average Bonchev–Trinajstić information content (AvgIpc) is 3.09. The third-order valence-electron chi connectivity index (χ3n) is 5.99. The van der Waals surface area contributed by atoms with Gasteiger partial charge in [-0.1, -0.05) is 17.3 Å². The lowest BCUT2D eigenvalue weighted by Gasteiger charge is -2.35. The van der Waals surface area contributed by atoms with Gasteiger partial charge in [-0.15, -0.1) is 11.3 Å². The molecule has 8 heteroatoms. The minimum absolute atomic E-state index is 0.0894. The summed E-state index contributed by atoms with van der Waals surface area (Å²) in [4.78, 5) is 28.4. The number of aromatic nitrogens is 4. The molecule has 29 heavy (non-hydrogen) atoms. The fourth-order valence-corrected chi connectivity index (χ4v) is 5.39. The molecule has 4 heterocycles. The molecule has 0 unspecified atom stereocenters. The first-order valence-electron chi connectivity index (χ1n) is 9.78. The number of carbonyl (C=O) groups is 1. The molecule has 0 bridgehead atoms. The predicted octanol–water partition coefficient (Wildman–Crippen LogP) is 3.52. The number of amides is 1. The zero-order valence-electron chi connectivity index (χ0n) is 15.9. The molecule has 0 radical (unpaired) electrons. The molecule has 0 saturated heterocycles. The van der Waals surface area contributed by atoms with Crippen LogP contribution in [-0.4, -0.2) is 37.5 Å². The van der Waals surface area contributed by atoms with Crippen LogP contribution < -0.4 is 0 Å². The summed E-state index contributed by atoms with van der Waals surface area (Å²) in [6.07, 6.45) is 4.05. The van der Waals surface area contributed by atoms with Crippen LogP contribution >= 0.6 is 11.3 Å². The Bertz CT molecular complexity index is 1200. The number of aryl methyl sites for hydroxylation is 1. The molecular weight excluding hydrogens is 386 g/mol. The summed E-state index contributed by atoms with van der Waals surface area (Å²) in [5.74, 6) is 0.766. The second-order valence-corrected chi connectivity index (χ2v) is 8.91. The summed E-state index contributed by atoms with van der Waals surface area (Å²) in [7, 11) is 0. The molecule has 1 atom stereocenters. The van der Waals surface area contributed by atoms with Crippen LogP contribution in [-0.2, 0) is 16.6 Å². The Morgan fingerprint density at radius 2 is 2.21 bits per heavy atom. The second kappa shape index (κ2) is 6.00. The van der Waals surface area contributed by atoms with Gasteiger partial charge in [0.15, 0.2) is 5.76 Å². The number of hydrogen-bond donors (Lipinski definition) is 1. The Kier molecular flexibility index (Phi) is 3.50. The average molecular weight is 405 g/mol. The van der Waals surface area contributed by atoms with Gasteiger partial charge in [0.25, 0.3) is 0 Å². The topological polar surface area (TPSA) is 87.9 Å². The lowest BCUT2D eigenvalue weighted by Crippen LogP contribution is -2.45. The van der Waals surface area contributed by atoms with Crippen molar-refractivity contribution in [3.63, 3.8) is 0 Å². The van der Waals surface area contributed by atoms with Crippen molar-refractivity contribution < 1.29 is 9.32 Å². The van der Waals surface area contributed by atoms with E-state index < -0.39 is 5.41 Å². The fraction of sp³-hybridized carbons (Fsp3) is 0.333. The molecule has 4 aromatic rings. The number of benzene rings is 1. The third kappa shape index (κ3) is 2.48. The minimum atomic E-state index is -0.593. The summed E-state index contributed by atoms with van der Waals surface area (Å²) >= 11 is 1.63. The van der Waals surface area contributed by atoms with Gasteiger partial charge in [-0.25, -0.2) is 9.97 Å². The van der Waals surface area contributed by atoms with Crippen LogP contribution in [0, 0.1) is 6.92 Å². The van der Waals surface area contributed by atoms with Crippen molar-refractivity contribution in [2.24, 2.45) is 0 Å². The normalized spacial score (nSPS) is 20.0. The highest BCUT2D eigenvalue weighted by molar-refractivity contribution is 7.18. The number of nitrogens with one attached hydrogen (secondary N) is 1. The van der Waals surface area contributed by atoms with Crippen LogP contribution in [0.5, 0.6) is 0 Å². The van der Waals surface area contributed by atoms with E-state index in [0.29, 0.717) is 12.3 Å². The molecule has 7 nitrogen and oxygen atoms in total. The van der Waals surface area contributed by atoms with Crippen LogP contribution in [0.1, 0.15) is 46.7 Å². The zero-order valence-corrected chi connectivity index (χ0v) is 16.7. The van der Waals surface area contributed by atoms with Crippen LogP contribution in [0.2, 0.25) is 0 Å². The number of rotatable bonds is 3. The first-order valence-corrected chi connectivity index (χ1v) is 10.6. The molecule has 0 spiro atoms. The highest BCUT2D eigenvalue weighted by Gasteiger charge is 2.58. The lowest BCUT2D eigenvalue weighted by molar-refractivity contribution is -0.136. The van der Waals surface area contributed by atoms with Crippen molar-refractivity contribution in [1.82, 2.24) is 25.0 Å². The number of H-pyrrole nitrogens is 1. The maximum absolute atomic E-state index is 13.8. The van der Waals surface area contributed by atoms with E-state index in [1.165, 1.54) is 0 Å². The van der Waals surface area contributed by atoms with E-state index >= 15 is 0 Å². The van der Waals surface area contributed by atoms with Gasteiger partial charge in [-0.3, -0.25) is 4.79 Å². The van der Waals surface area contributed by atoms with Gasteiger partial charge in [-0.2, -0.15) is 0 Å². The summed E-state index contributed by atoms with van der Waals surface area (Å²) in [6.45, 7) is 2.51. The van der Waals surface area contributed by atoms with Crippen molar-refractivity contribution >= 4 is 27.5 Å². The van der Waals surface area contributed by atoms with Gasteiger partial charge < -0.3 is 14.4 Å². The van der Waals surface area contributed by atoms with Gasteiger partial charge in [0.2, 0.25) is 5.91 Å². The molecule has 6 rings (SSSR count). The van der Waals surface area contributed by atoms with E-state index in [0.717, 1.165) is 51.6 Å². The molecule has 1 N–H and O–H groups in total. The Balaban J connectivity index is 1.45. The number of imidazole rings is 1. The van der Waals surface area contributed by atoms with Gasteiger partial charge in [0, 0.05) is 24.7 Å². The summed E-state index contributed by atoms with van der Waals surface area (Å²) < 4.78 is 6.63. The first-order chi connectivity index (χ1) is 14.2. The van der Waals surface area contributed by atoms with E-state index in [1.807, 2.05) is 36.1 Å². The number of thiazole rings is 1. The van der Waals surface area contributed by atoms with Crippen LogP contribution in [0.25, 0.3) is 10.2 Å². The largest absolute Gasteiger partial charge is 0.360 e. The quantitative estimate of drug-likeness (QED) is 0.563. The molecule has 146 valence electrons. The van der Waals surface area contributed by atoms with Gasteiger partial charge in [0.05, 0.1) is 27.9 Å². The van der Waals surface area contributed by atoms with Crippen molar-refractivity contribution in [2.75, 3.05) is 6.54 Å². The number of para-hydroxylation sites is 1. The van der Waals surface area contributed by atoms with Crippen molar-refractivity contribution in [2.45, 2.75) is 37.6 Å². The summed E-state index contributed by atoms with van der Waals surface area (Å²) in [5.41, 5.74) is 3.14. The number of fused-ring (bicyclic) bond motifs is 2. The number of hydrogen-bond acceptors (Lipinski definition) is 6. The van der Waals surface area contributed by atoms with Crippen molar-refractivity contribution in [3.05, 3.63) is 64.5 Å². The molecule has 1 amide bonds. The molecule has 1 aromatic carbocycles. The lowest BCUT2D eigenvalue weighted by atomic mass is 9.96. The second-order valence-electron chi connectivity index (χ2n) is 7.85. The number of nitrogens with zero attached hydrogens (tertiary/aromatic N) is 4. The predicted molar refractivity (Wildman–Crippen MR) is 108 cm³/mol. The minimum Gasteiger partial charge on any atom is -0.360 e. The van der Waals surface area contributed by atoms with E-state index in [1.54, 1.807) is 17.7 Å². The number of carbonyl (C=O) groups excluding carboxylic acids is 1. The van der Waals surface area contributed by atoms with E-state index in [2.05, 4.69) is 21.2 Å². The summed E-state index contributed by atoms with van der Waals surface area (Å²) in [5, 5.41) is 4.91. The van der Waals surface area contributed by atoms with E-state index in [4.69, 9.17) is 9.51 Å². The third-order valence-corrected chi connectivity index (χ3v) is 7.08.